The first-order chi connectivity index (χ1) is 7.93. The Morgan fingerprint density at radius 1 is 1.35 bits per heavy atom. The molecule has 17 heavy (non-hydrogen) atoms. The predicted molar refractivity (Wildman–Crippen MR) is 61.1 cm³/mol. The van der Waals surface area contributed by atoms with E-state index in [1.165, 1.54) is 12.1 Å². The first-order valence-corrected chi connectivity index (χ1v) is 5.36. The van der Waals surface area contributed by atoms with E-state index < -0.39 is 12.2 Å². The van der Waals surface area contributed by atoms with Crippen LogP contribution in [-0.2, 0) is 6.42 Å². The predicted octanol–water partition coefficient (Wildman–Crippen LogP) is 1.93. The molecule has 1 aromatic rings. The molecule has 3 nitrogen and oxygen atoms in total. The summed E-state index contributed by atoms with van der Waals surface area (Å²) in [4.78, 5) is 0. The smallest absolute Gasteiger partial charge is 0.387 e. The molecule has 1 aromatic carbocycles. The van der Waals surface area contributed by atoms with Crippen LogP contribution in [0.1, 0.15) is 18.9 Å². The van der Waals surface area contributed by atoms with Crippen LogP contribution in [-0.4, -0.2) is 23.9 Å². The summed E-state index contributed by atoms with van der Waals surface area (Å²) in [5, 5.41) is 8.99. The summed E-state index contributed by atoms with van der Waals surface area (Å²) in [7, 11) is 0. The Morgan fingerprint density at radius 2 is 1.94 bits per heavy atom. The zero-order valence-electron chi connectivity index (χ0n) is 9.70. The van der Waals surface area contributed by atoms with Gasteiger partial charge in [0, 0.05) is 5.54 Å². The van der Waals surface area contributed by atoms with Crippen LogP contribution in [0, 0.1) is 0 Å². The van der Waals surface area contributed by atoms with Crippen molar-refractivity contribution >= 4 is 0 Å². The Hall–Kier alpha value is -1.20. The van der Waals surface area contributed by atoms with Crippen LogP contribution in [0.15, 0.2) is 24.3 Å². The maximum Gasteiger partial charge on any atom is 0.387 e. The first kappa shape index (κ1) is 13.9. The molecular formula is C12H17F2NO2. The van der Waals surface area contributed by atoms with Crippen LogP contribution in [0.3, 0.4) is 0 Å². The second-order valence-electron chi connectivity index (χ2n) is 4.33. The van der Waals surface area contributed by atoms with Gasteiger partial charge in [0.15, 0.2) is 0 Å². The Labute approximate surface area is 99.2 Å². The summed E-state index contributed by atoms with van der Waals surface area (Å²) in [5.41, 5.74) is 6.14. The molecule has 0 saturated heterocycles. The highest BCUT2D eigenvalue weighted by Gasteiger charge is 2.16. The quantitative estimate of drug-likeness (QED) is 0.805. The highest BCUT2D eigenvalue weighted by Crippen LogP contribution is 2.17. The van der Waals surface area contributed by atoms with Gasteiger partial charge >= 0.3 is 6.61 Å². The van der Waals surface area contributed by atoms with E-state index in [0.717, 1.165) is 5.56 Å². The lowest BCUT2D eigenvalue weighted by atomic mass is 9.95. The van der Waals surface area contributed by atoms with Gasteiger partial charge in [-0.25, -0.2) is 0 Å². The third-order valence-electron chi connectivity index (χ3n) is 2.49. The Morgan fingerprint density at radius 3 is 2.41 bits per heavy atom. The van der Waals surface area contributed by atoms with Crippen LogP contribution < -0.4 is 10.5 Å². The van der Waals surface area contributed by atoms with Crippen molar-refractivity contribution in [2.24, 2.45) is 5.73 Å². The molecule has 0 fully saturated rings. The third kappa shape index (κ3) is 5.10. The normalized spacial score (nSPS) is 14.7. The van der Waals surface area contributed by atoms with E-state index in [1.807, 2.05) is 0 Å². The van der Waals surface area contributed by atoms with Gasteiger partial charge in [0.05, 0.1) is 6.61 Å². The summed E-state index contributed by atoms with van der Waals surface area (Å²) in [6, 6.07) is 6.42. The number of alkyl halides is 2. The minimum absolute atomic E-state index is 0.0838. The molecule has 0 heterocycles. The largest absolute Gasteiger partial charge is 0.435 e. The average Bonchev–Trinajstić information content (AvgIpc) is 2.28. The fourth-order valence-electron chi connectivity index (χ4n) is 1.35. The standard InChI is InChI=1S/C12H17F2NO2/c1-12(15,8-16)7-6-9-2-4-10(5-3-9)17-11(13)14/h2-5,11,16H,6-8,15H2,1H3. The molecule has 0 aliphatic heterocycles. The summed E-state index contributed by atoms with van der Waals surface area (Å²) < 4.78 is 28.0. The van der Waals surface area contributed by atoms with Gasteiger partial charge < -0.3 is 15.6 Å². The van der Waals surface area contributed by atoms with E-state index in [4.69, 9.17) is 10.8 Å². The maximum atomic E-state index is 11.9. The molecule has 0 bridgehead atoms. The lowest BCUT2D eigenvalue weighted by Crippen LogP contribution is -2.40. The number of benzene rings is 1. The molecule has 0 saturated carbocycles. The molecule has 0 aliphatic rings. The summed E-state index contributed by atoms with van der Waals surface area (Å²) in [5.74, 6) is 0.140. The van der Waals surface area contributed by atoms with E-state index in [0.29, 0.717) is 12.8 Å². The fourth-order valence-corrected chi connectivity index (χ4v) is 1.35. The fraction of sp³-hybridized carbons (Fsp3) is 0.500. The van der Waals surface area contributed by atoms with Crippen LogP contribution in [0.25, 0.3) is 0 Å². The second-order valence-corrected chi connectivity index (χ2v) is 4.33. The maximum absolute atomic E-state index is 11.9. The Balaban J connectivity index is 2.51. The van der Waals surface area contributed by atoms with Gasteiger partial charge in [-0.1, -0.05) is 12.1 Å². The van der Waals surface area contributed by atoms with E-state index in [1.54, 1.807) is 19.1 Å². The molecule has 96 valence electrons. The minimum atomic E-state index is -2.80. The van der Waals surface area contributed by atoms with Crippen molar-refractivity contribution < 1.29 is 18.6 Å². The van der Waals surface area contributed by atoms with Gasteiger partial charge in [-0.05, 0) is 37.5 Å². The average molecular weight is 245 g/mol. The number of halogens is 2. The van der Waals surface area contributed by atoms with Gasteiger partial charge in [0.1, 0.15) is 5.75 Å². The van der Waals surface area contributed by atoms with Crippen molar-refractivity contribution in [3.63, 3.8) is 0 Å². The number of hydrogen-bond donors (Lipinski definition) is 2. The van der Waals surface area contributed by atoms with Crippen molar-refractivity contribution in [2.45, 2.75) is 31.9 Å². The second kappa shape index (κ2) is 5.93. The van der Waals surface area contributed by atoms with Gasteiger partial charge in [-0.2, -0.15) is 8.78 Å². The van der Waals surface area contributed by atoms with Crippen LogP contribution in [0.4, 0.5) is 8.78 Å². The lowest BCUT2D eigenvalue weighted by Gasteiger charge is -2.21. The topological polar surface area (TPSA) is 55.5 Å². The Kier molecular flexibility index (Phi) is 4.84. The van der Waals surface area contributed by atoms with Crippen molar-refractivity contribution in [2.75, 3.05) is 6.61 Å². The molecular weight excluding hydrogens is 228 g/mol. The number of ether oxygens (including phenoxy) is 1. The minimum Gasteiger partial charge on any atom is -0.435 e. The van der Waals surface area contributed by atoms with Crippen molar-refractivity contribution in [1.29, 1.82) is 0 Å². The lowest BCUT2D eigenvalue weighted by molar-refractivity contribution is -0.0498. The molecule has 0 aromatic heterocycles. The van der Waals surface area contributed by atoms with E-state index in [2.05, 4.69) is 4.74 Å². The molecule has 5 heteroatoms. The van der Waals surface area contributed by atoms with Gasteiger partial charge in [0.2, 0.25) is 0 Å². The summed E-state index contributed by atoms with van der Waals surface area (Å²) in [6.45, 7) is -1.12. The molecule has 0 amide bonds. The number of rotatable bonds is 6. The number of aliphatic hydroxyl groups is 1. The zero-order chi connectivity index (χ0) is 12.9. The molecule has 0 radical (unpaired) electrons. The molecule has 1 rings (SSSR count). The molecule has 0 spiro atoms. The number of nitrogens with two attached hydrogens (primary N) is 1. The third-order valence-corrected chi connectivity index (χ3v) is 2.49. The van der Waals surface area contributed by atoms with Crippen LogP contribution >= 0.6 is 0 Å². The Bertz CT molecular complexity index is 339. The number of hydrogen-bond acceptors (Lipinski definition) is 3. The molecule has 3 N–H and O–H groups in total. The zero-order valence-corrected chi connectivity index (χ0v) is 9.70. The van der Waals surface area contributed by atoms with Crippen LogP contribution in [0.5, 0.6) is 5.75 Å². The van der Waals surface area contributed by atoms with Gasteiger partial charge in [-0.15, -0.1) is 0 Å². The van der Waals surface area contributed by atoms with Crippen molar-refractivity contribution in [3.05, 3.63) is 29.8 Å². The number of aryl methyl sites for hydroxylation is 1. The monoisotopic (exact) mass is 245 g/mol. The summed E-state index contributed by atoms with van der Waals surface area (Å²) in [6.07, 6.45) is 1.31. The van der Waals surface area contributed by atoms with Gasteiger partial charge in [0.25, 0.3) is 0 Å². The van der Waals surface area contributed by atoms with Crippen LogP contribution in [0.2, 0.25) is 0 Å². The summed E-state index contributed by atoms with van der Waals surface area (Å²) >= 11 is 0. The van der Waals surface area contributed by atoms with Crippen molar-refractivity contribution in [1.82, 2.24) is 0 Å². The molecule has 1 unspecified atom stereocenters. The highest BCUT2D eigenvalue weighted by molar-refractivity contribution is 5.27. The highest BCUT2D eigenvalue weighted by atomic mass is 19.3. The molecule has 1 atom stereocenters. The SMILES string of the molecule is CC(N)(CO)CCc1ccc(OC(F)F)cc1. The van der Waals surface area contributed by atoms with Gasteiger partial charge in [-0.3, -0.25) is 0 Å². The number of aliphatic hydroxyl groups excluding tert-OH is 1. The van der Waals surface area contributed by atoms with E-state index in [9.17, 15) is 8.78 Å². The molecule has 0 aliphatic carbocycles. The van der Waals surface area contributed by atoms with E-state index >= 15 is 0 Å². The van der Waals surface area contributed by atoms with E-state index in [-0.39, 0.29) is 12.4 Å². The van der Waals surface area contributed by atoms with Crippen molar-refractivity contribution in [3.8, 4) is 5.75 Å². The first-order valence-electron chi connectivity index (χ1n) is 5.36.